The maximum absolute atomic E-state index is 6.01. The molecule has 0 saturated carbocycles. The largest absolute Gasteiger partial charge is 0.282 e. The summed E-state index contributed by atoms with van der Waals surface area (Å²) in [6.07, 6.45) is 0. The molecular weight excluding hydrogens is 232 g/mol. The van der Waals surface area contributed by atoms with Crippen LogP contribution in [0.4, 0.5) is 0 Å². The summed E-state index contributed by atoms with van der Waals surface area (Å²) in [6, 6.07) is 9.65. The molecule has 2 nitrogen and oxygen atoms in total. The number of halogens is 1. The van der Waals surface area contributed by atoms with Crippen LogP contribution in [-0.4, -0.2) is 10.2 Å². The SMILES string of the molecule is CC.CC.Cc1cc(-c2ccccc2Cl)n[nH]1. The van der Waals surface area contributed by atoms with Crippen molar-refractivity contribution in [3.8, 4) is 11.3 Å². The minimum Gasteiger partial charge on any atom is -0.282 e. The fourth-order valence-corrected chi connectivity index (χ4v) is 1.46. The number of H-pyrrole nitrogens is 1. The van der Waals surface area contributed by atoms with Crippen molar-refractivity contribution in [2.75, 3.05) is 0 Å². The van der Waals surface area contributed by atoms with E-state index in [1.54, 1.807) is 0 Å². The van der Waals surface area contributed by atoms with E-state index in [-0.39, 0.29) is 0 Å². The first-order valence-corrected chi connectivity index (χ1v) is 6.42. The van der Waals surface area contributed by atoms with Crippen LogP contribution >= 0.6 is 11.6 Å². The highest BCUT2D eigenvalue weighted by Gasteiger charge is 2.04. The second kappa shape index (κ2) is 8.82. The lowest BCUT2D eigenvalue weighted by Gasteiger charge is -1.97. The molecule has 0 unspecified atom stereocenters. The van der Waals surface area contributed by atoms with Gasteiger partial charge in [-0.3, -0.25) is 5.10 Å². The third-order valence-corrected chi connectivity index (χ3v) is 2.19. The van der Waals surface area contributed by atoms with Gasteiger partial charge in [-0.25, -0.2) is 0 Å². The van der Waals surface area contributed by atoms with Gasteiger partial charge < -0.3 is 0 Å². The number of hydrogen-bond donors (Lipinski definition) is 1. The van der Waals surface area contributed by atoms with Crippen LogP contribution in [0, 0.1) is 6.92 Å². The molecule has 0 atom stereocenters. The second-order valence-electron chi connectivity index (χ2n) is 2.92. The molecule has 0 fully saturated rings. The molecule has 94 valence electrons. The quantitative estimate of drug-likeness (QED) is 0.752. The molecule has 2 rings (SSSR count). The minimum absolute atomic E-state index is 0.731. The van der Waals surface area contributed by atoms with Gasteiger partial charge in [-0.1, -0.05) is 57.5 Å². The summed E-state index contributed by atoms with van der Waals surface area (Å²) in [6.45, 7) is 9.97. The van der Waals surface area contributed by atoms with Crippen LogP contribution in [0.5, 0.6) is 0 Å². The summed E-state index contributed by atoms with van der Waals surface area (Å²) in [5, 5.41) is 7.75. The van der Waals surface area contributed by atoms with Crippen molar-refractivity contribution in [1.29, 1.82) is 0 Å². The summed E-state index contributed by atoms with van der Waals surface area (Å²) < 4.78 is 0. The summed E-state index contributed by atoms with van der Waals surface area (Å²) in [7, 11) is 0. The van der Waals surface area contributed by atoms with Crippen molar-refractivity contribution < 1.29 is 0 Å². The molecule has 0 amide bonds. The molecule has 0 saturated heterocycles. The normalized spacial score (nSPS) is 8.59. The molecule has 1 N–H and O–H groups in total. The number of nitrogens with zero attached hydrogens (tertiary/aromatic N) is 1. The average molecular weight is 253 g/mol. The molecule has 2 aromatic rings. The molecule has 17 heavy (non-hydrogen) atoms. The van der Waals surface area contributed by atoms with Gasteiger partial charge in [-0.15, -0.1) is 0 Å². The Morgan fingerprint density at radius 2 is 1.65 bits per heavy atom. The third kappa shape index (κ3) is 4.61. The molecule has 0 bridgehead atoms. The maximum atomic E-state index is 6.01. The molecule has 3 heteroatoms. The fraction of sp³-hybridized carbons (Fsp3) is 0.357. The van der Waals surface area contributed by atoms with Crippen LogP contribution in [0.2, 0.25) is 5.02 Å². The number of benzene rings is 1. The highest BCUT2D eigenvalue weighted by Crippen LogP contribution is 2.25. The molecule has 1 heterocycles. The highest BCUT2D eigenvalue weighted by atomic mass is 35.5. The number of nitrogens with one attached hydrogen (secondary N) is 1. The van der Waals surface area contributed by atoms with E-state index < -0.39 is 0 Å². The van der Waals surface area contributed by atoms with Gasteiger partial charge in [-0.2, -0.15) is 5.10 Å². The van der Waals surface area contributed by atoms with Gasteiger partial charge in [0.25, 0.3) is 0 Å². The lowest BCUT2D eigenvalue weighted by atomic mass is 10.1. The summed E-state index contributed by atoms with van der Waals surface area (Å²) >= 11 is 6.01. The van der Waals surface area contributed by atoms with E-state index in [1.807, 2.05) is 65.0 Å². The summed E-state index contributed by atoms with van der Waals surface area (Å²) in [5.41, 5.74) is 2.89. The van der Waals surface area contributed by atoms with Crippen LogP contribution in [0.25, 0.3) is 11.3 Å². The molecule has 0 spiro atoms. The van der Waals surface area contributed by atoms with E-state index >= 15 is 0 Å². The maximum Gasteiger partial charge on any atom is 0.0938 e. The van der Waals surface area contributed by atoms with Crippen LogP contribution < -0.4 is 0 Å². The lowest BCUT2D eigenvalue weighted by Crippen LogP contribution is -1.78. The van der Waals surface area contributed by atoms with Crippen molar-refractivity contribution >= 4 is 11.6 Å². The Morgan fingerprint density at radius 3 is 2.12 bits per heavy atom. The van der Waals surface area contributed by atoms with Gasteiger partial charge in [0, 0.05) is 11.3 Å². The predicted molar refractivity (Wildman–Crippen MR) is 76.5 cm³/mol. The predicted octanol–water partition coefficient (Wildman–Crippen LogP) is 5.09. The van der Waals surface area contributed by atoms with E-state index in [4.69, 9.17) is 11.6 Å². The van der Waals surface area contributed by atoms with Gasteiger partial charge in [0.05, 0.1) is 10.7 Å². The average Bonchev–Trinajstić information content (AvgIpc) is 2.81. The third-order valence-electron chi connectivity index (χ3n) is 1.86. The Bertz CT molecular complexity index is 422. The standard InChI is InChI=1S/C10H9ClN2.2C2H6/c1-7-6-10(13-12-7)8-4-2-3-5-9(8)11;2*1-2/h2-6H,1H3,(H,12,13);2*1-2H3. The van der Waals surface area contributed by atoms with Gasteiger partial charge in [0.1, 0.15) is 0 Å². The fourth-order valence-electron chi connectivity index (χ4n) is 1.22. The number of hydrogen-bond acceptors (Lipinski definition) is 1. The van der Waals surface area contributed by atoms with E-state index in [9.17, 15) is 0 Å². The van der Waals surface area contributed by atoms with Gasteiger partial charge >= 0.3 is 0 Å². The first kappa shape index (κ1) is 15.7. The number of aryl methyl sites for hydroxylation is 1. The van der Waals surface area contributed by atoms with Gasteiger partial charge in [0.15, 0.2) is 0 Å². The van der Waals surface area contributed by atoms with Gasteiger partial charge in [0.2, 0.25) is 0 Å². The number of rotatable bonds is 1. The van der Waals surface area contributed by atoms with E-state index in [0.717, 1.165) is 22.0 Å². The zero-order chi connectivity index (χ0) is 13.3. The van der Waals surface area contributed by atoms with Crippen molar-refractivity contribution in [2.24, 2.45) is 0 Å². The molecule has 0 aliphatic rings. The lowest BCUT2D eigenvalue weighted by molar-refractivity contribution is 1.05. The van der Waals surface area contributed by atoms with E-state index in [2.05, 4.69) is 10.2 Å². The molecule has 0 aliphatic heterocycles. The Balaban J connectivity index is 0.000000581. The van der Waals surface area contributed by atoms with Crippen molar-refractivity contribution in [1.82, 2.24) is 10.2 Å². The zero-order valence-electron chi connectivity index (χ0n) is 11.2. The first-order valence-electron chi connectivity index (χ1n) is 6.04. The van der Waals surface area contributed by atoms with Crippen LogP contribution in [-0.2, 0) is 0 Å². The molecule has 0 aliphatic carbocycles. The van der Waals surface area contributed by atoms with Crippen LogP contribution in [0.15, 0.2) is 30.3 Å². The van der Waals surface area contributed by atoms with Crippen LogP contribution in [0.3, 0.4) is 0 Å². The topological polar surface area (TPSA) is 28.7 Å². The van der Waals surface area contributed by atoms with Gasteiger partial charge in [-0.05, 0) is 19.1 Å². The smallest absolute Gasteiger partial charge is 0.0938 e. The van der Waals surface area contributed by atoms with E-state index in [1.165, 1.54) is 0 Å². The second-order valence-corrected chi connectivity index (χ2v) is 3.32. The zero-order valence-corrected chi connectivity index (χ0v) is 12.0. The van der Waals surface area contributed by atoms with Crippen molar-refractivity contribution in [3.63, 3.8) is 0 Å². The Hall–Kier alpha value is -1.28. The summed E-state index contributed by atoms with van der Waals surface area (Å²) in [5.74, 6) is 0. The molecule has 0 radical (unpaired) electrons. The van der Waals surface area contributed by atoms with E-state index in [0.29, 0.717) is 0 Å². The Labute approximate surface area is 109 Å². The molecule has 1 aromatic heterocycles. The number of aromatic amines is 1. The number of aromatic nitrogens is 2. The Kier molecular flexibility index (Phi) is 8.16. The van der Waals surface area contributed by atoms with Crippen molar-refractivity contribution in [2.45, 2.75) is 34.6 Å². The van der Waals surface area contributed by atoms with Crippen LogP contribution in [0.1, 0.15) is 33.4 Å². The Morgan fingerprint density at radius 1 is 1.06 bits per heavy atom. The van der Waals surface area contributed by atoms with Crippen molar-refractivity contribution in [3.05, 3.63) is 41.0 Å². The summed E-state index contributed by atoms with van der Waals surface area (Å²) in [4.78, 5) is 0. The highest BCUT2D eigenvalue weighted by molar-refractivity contribution is 6.33. The molecular formula is C14H21ClN2. The molecule has 1 aromatic carbocycles. The monoisotopic (exact) mass is 252 g/mol. The first-order chi connectivity index (χ1) is 8.27. The minimum atomic E-state index is 0.731.